The van der Waals surface area contributed by atoms with E-state index in [2.05, 4.69) is 17.1 Å². The van der Waals surface area contributed by atoms with Gasteiger partial charge < -0.3 is 25.8 Å². The van der Waals surface area contributed by atoms with Crippen LogP contribution in [-0.4, -0.2) is 54.8 Å². The third kappa shape index (κ3) is 4.68. The second-order valence-electron chi connectivity index (χ2n) is 7.56. The third-order valence-electron chi connectivity index (χ3n) is 5.59. The summed E-state index contributed by atoms with van der Waals surface area (Å²) in [6.45, 7) is 5.85. The molecule has 0 saturated carbocycles. The molecule has 2 aliphatic rings. The summed E-state index contributed by atoms with van der Waals surface area (Å²) in [7, 11) is 0. The van der Waals surface area contributed by atoms with Crippen LogP contribution in [0.3, 0.4) is 0 Å². The molecule has 1 saturated heterocycles. The Hall–Kier alpha value is -1.50. The van der Waals surface area contributed by atoms with E-state index in [4.69, 9.17) is 22.1 Å². The molecule has 1 fully saturated rings. The lowest BCUT2D eigenvalue weighted by molar-refractivity contribution is 0.0217. The number of carbonyl (C=O) groups is 1. The van der Waals surface area contributed by atoms with Crippen molar-refractivity contribution in [2.45, 2.75) is 45.1 Å². The number of ether oxygens (including phenoxy) is 1. The second kappa shape index (κ2) is 9.13. The van der Waals surface area contributed by atoms with Gasteiger partial charge in [0.25, 0.3) is 5.91 Å². The zero-order valence-electron chi connectivity index (χ0n) is 16.0. The molecule has 0 spiro atoms. The predicted molar refractivity (Wildman–Crippen MR) is 107 cm³/mol. The molecule has 1 amide bonds. The first-order valence-corrected chi connectivity index (χ1v) is 10.3. The SMILES string of the molecule is CCCCN1CCC(CNC(=O)c2cc(Cl)c(N)c3c2OCCC3)C(O)C1. The average molecular weight is 396 g/mol. The first-order valence-electron chi connectivity index (χ1n) is 9.93. The van der Waals surface area contributed by atoms with Crippen molar-refractivity contribution in [3.63, 3.8) is 0 Å². The van der Waals surface area contributed by atoms with E-state index in [0.717, 1.165) is 50.8 Å². The van der Waals surface area contributed by atoms with E-state index in [1.165, 1.54) is 0 Å². The topological polar surface area (TPSA) is 87.8 Å². The van der Waals surface area contributed by atoms with Crippen molar-refractivity contribution in [2.24, 2.45) is 5.92 Å². The number of piperidine rings is 1. The molecule has 7 heteroatoms. The number of halogens is 1. The van der Waals surface area contributed by atoms with Crippen molar-refractivity contribution in [3.8, 4) is 5.75 Å². The number of nitrogens with zero attached hydrogens (tertiary/aromatic N) is 1. The molecule has 0 radical (unpaired) electrons. The van der Waals surface area contributed by atoms with Crippen molar-refractivity contribution in [1.82, 2.24) is 10.2 Å². The second-order valence-corrected chi connectivity index (χ2v) is 7.97. The van der Waals surface area contributed by atoms with Crippen molar-refractivity contribution in [2.75, 3.05) is 38.5 Å². The maximum absolute atomic E-state index is 12.8. The van der Waals surface area contributed by atoms with Gasteiger partial charge in [0.05, 0.1) is 29.0 Å². The van der Waals surface area contributed by atoms with Gasteiger partial charge in [-0.15, -0.1) is 0 Å². The summed E-state index contributed by atoms with van der Waals surface area (Å²) in [5.74, 6) is 0.388. The van der Waals surface area contributed by atoms with Crippen molar-refractivity contribution < 1.29 is 14.6 Å². The Morgan fingerprint density at radius 1 is 1.52 bits per heavy atom. The van der Waals surface area contributed by atoms with Crippen LogP contribution >= 0.6 is 11.6 Å². The number of anilines is 1. The zero-order valence-corrected chi connectivity index (χ0v) is 16.7. The molecule has 0 bridgehead atoms. The van der Waals surface area contributed by atoms with Crippen molar-refractivity contribution in [3.05, 3.63) is 22.2 Å². The van der Waals surface area contributed by atoms with Crippen LogP contribution in [0.5, 0.6) is 5.75 Å². The number of unbranched alkanes of at least 4 members (excludes halogenated alkanes) is 1. The number of amides is 1. The molecule has 3 rings (SSSR count). The number of aliphatic hydroxyl groups excluding tert-OH is 1. The Morgan fingerprint density at radius 3 is 3.07 bits per heavy atom. The van der Waals surface area contributed by atoms with Crippen molar-refractivity contribution >= 4 is 23.2 Å². The van der Waals surface area contributed by atoms with E-state index in [1.54, 1.807) is 6.07 Å². The van der Waals surface area contributed by atoms with Crippen LogP contribution in [0.1, 0.15) is 48.5 Å². The van der Waals surface area contributed by atoms with E-state index < -0.39 is 6.10 Å². The first kappa shape index (κ1) is 20.2. The van der Waals surface area contributed by atoms with Crippen molar-refractivity contribution in [1.29, 1.82) is 0 Å². The molecule has 0 aromatic heterocycles. The van der Waals surface area contributed by atoms with E-state index in [0.29, 0.717) is 41.7 Å². The zero-order chi connectivity index (χ0) is 19.4. The Balaban J connectivity index is 1.61. The number of carbonyl (C=O) groups excluding carboxylic acids is 1. The Bertz CT molecular complexity index is 683. The minimum Gasteiger partial charge on any atom is -0.492 e. The summed E-state index contributed by atoms with van der Waals surface area (Å²) < 4.78 is 5.72. The monoisotopic (exact) mass is 395 g/mol. The quantitative estimate of drug-likeness (QED) is 0.644. The van der Waals surface area contributed by atoms with Gasteiger partial charge in [-0.2, -0.15) is 0 Å². The minimum absolute atomic E-state index is 0.0628. The first-order chi connectivity index (χ1) is 13.0. The van der Waals surface area contributed by atoms with Crippen LogP contribution < -0.4 is 15.8 Å². The molecular formula is C20H30ClN3O3. The van der Waals surface area contributed by atoms with Crippen LogP contribution in [0.4, 0.5) is 5.69 Å². The number of benzene rings is 1. The highest BCUT2D eigenvalue weighted by molar-refractivity contribution is 6.33. The smallest absolute Gasteiger partial charge is 0.255 e. The molecule has 0 aliphatic carbocycles. The molecule has 2 aliphatic heterocycles. The molecule has 27 heavy (non-hydrogen) atoms. The number of likely N-dealkylation sites (tertiary alicyclic amines) is 1. The summed E-state index contributed by atoms with van der Waals surface area (Å²) in [6.07, 6.45) is 4.39. The average Bonchev–Trinajstić information content (AvgIpc) is 2.68. The Morgan fingerprint density at radius 2 is 2.33 bits per heavy atom. The normalized spacial score (nSPS) is 22.8. The molecule has 2 heterocycles. The lowest BCUT2D eigenvalue weighted by atomic mass is 9.93. The lowest BCUT2D eigenvalue weighted by Gasteiger charge is -2.36. The van der Waals surface area contributed by atoms with E-state index in [9.17, 15) is 9.90 Å². The molecule has 4 N–H and O–H groups in total. The maximum Gasteiger partial charge on any atom is 0.255 e. The van der Waals surface area contributed by atoms with Crippen LogP contribution in [-0.2, 0) is 6.42 Å². The summed E-state index contributed by atoms with van der Waals surface area (Å²) in [4.78, 5) is 15.1. The summed E-state index contributed by atoms with van der Waals surface area (Å²) in [6, 6.07) is 1.58. The van der Waals surface area contributed by atoms with E-state index >= 15 is 0 Å². The molecule has 1 aromatic rings. The summed E-state index contributed by atoms with van der Waals surface area (Å²) >= 11 is 6.22. The van der Waals surface area contributed by atoms with Gasteiger partial charge in [0.1, 0.15) is 5.75 Å². The van der Waals surface area contributed by atoms with Gasteiger partial charge in [-0.25, -0.2) is 0 Å². The Labute approximate surface area is 166 Å². The number of rotatable bonds is 6. The van der Waals surface area contributed by atoms with Gasteiger partial charge in [0.2, 0.25) is 0 Å². The number of fused-ring (bicyclic) bond motifs is 1. The van der Waals surface area contributed by atoms with Gasteiger partial charge >= 0.3 is 0 Å². The molecule has 150 valence electrons. The highest BCUT2D eigenvalue weighted by Gasteiger charge is 2.29. The third-order valence-corrected chi connectivity index (χ3v) is 5.91. The largest absolute Gasteiger partial charge is 0.492 e. The fourth-order valence-corrected chi connectivity index (χ4v) is 4.11. The molecular weight excluding hydrogens is 366 g/mol. The van der Waals surface area contributed by atoms with E-state index in [-0.39, 0.29) is 11.8 Å². The Kier molecular flexibility index (Phi) is 6.84. The summed E-state index contributed by atoms with van der Waals surface area (Å²) in [5, 5.41) is 13.8. The fraction of sp³-hybridized carbons (Fsp3) is 0.650. The van der Waals surface area contributed by atoms with Crippen LogP contribution in [0.2, 0.25) is 5.02 Å². The van der Waals surface area contributed by atoms with Gasteiger partial charge in [-0.05, 0) is 44.8 Å². The minimum atomic E-state index is -0.420. The number of hydrogen-bond donors (Lipinski definition) is 3. The van der Waals surface area contributed by atoms with Gasteiger partial charge in [0.15, 0.2) is 0 Å². The number of nitrogens with two attached hydrogens (primary N) is 1. The number of aliphatic hydroxyl groups is 1. The summed E-state index contributed by atoms with van der Waals surface area (Å²) in [5.41, 5.74) is 7.80. The molecule has 2 atom stereocenters. The molecule has 6 nitrogen and oxygen atoms in total. The van der Waals surface area contributed by atoms with Gasteiger partial charge in [-0.1, -0.05) is 24.9 Å². The maximum atomic E-state index is 12.8. The molecule has 1 aromatic carbocycles. The van der Waals surface area contributed by atoms with Gasteiger partial charge in [0, 0.05) is 24.6 Å². The van der Waals surface area contributed by atoms with Crippen LogP contribution in [0, 0.1) is 5.92 Å². The number of hydrogen-bond acceptors (Lipinski definition) is 5. The molecule has 2 unspecified atom stereocenters. The predicted octanol–water partition coefficient (Wildman–Crippen LogP) is 2.46. The number of nitrogens with one attached hydrogen (secondary N) is 1. The van der Waals surface area contributed by atoms with Crippen LogP contribution in [0.25, 0.3) is 0 Å². The fourth-order valence-electron chi connectivity index (χ4n) is 3.89. The van der Waals surface area contributed by atoms with E-state index in [1.807, 2.05) is 0 Å². The lowest BCUT2D eigenvalue weighted by Crippen LogP contribution is -2.47. The van der Waals surface area contributed by atoms with Crippen LogP contribution in [0.15, 0.2) is 6.07 Å². The number of β-amino-alcohol motifs (C(OH)–C–C–N with tert-alkyl or cyclic N) is 1. The standard InChI is InChI=1S/C20H30ClN3O3/c1-2-3-7-24-8-6-13(17(25)12-24)11-23-20(26)15-10-16(21)18(22)14-5-4-9-27-19(14)15/h10,13,17,25H,2-9,11-12,22H2,1H3,(H,23,26). The van der Waals surface area contributed by atoms with Gasteiger partial charge in [-0.3, -0.25) is 4.79 Å². The highest BCUT2D eigenvalue weighted by atomic mass is 35.5. The highest BCUT2D eigenvalue weighted by Crippen LogP contribution is 2.38. The number of nitrogen functional groups attached to an aromatic ring is 1.